The van der Waals surface area contributed by atoms with E-state index in [1.807, 2.05) is 9.97 Å². The van der Waals surface area contributed by atoms with Crippen LogP contribution in [0.4, 0.5) is 29.4 Å². The normalized spacial score (nSPS) is 32.7. The summed E-state index contributed by atoms with van der Waals surface area (Å²) in [5, 5.41) is 103. The second kappa shape index (κ2) is 41.1. The van der Waals surface area contributed by atoms with Crippen LogP contribution in [0, 0.1) is 0 Å². The number of rotatable bonds is 38. The number of aromatic amines is 4. The standard InChI is InChI=1S/C66H83N25O48P6/c67-27-1-5-85(63(105)77-27)55-36(97)42(20(9-92)127-55)134-141(111,112)122-14-25-47(41(102)60(132-25)91-19-76-33-51(91)82-62(71)84-53(33)104)139-145(119,120)124-12-23-44(38(99)57(130-23)88-8-4-30(94)80-66(88)108)136-142(113,114)125-13-24-45(39(100)58(131-24)89-17-74-31-48(69)72-16-73-49(31)89)138-144(117,118)123-11-22-43(37(98)56(129-22)86-6-2-28(68)78-64(86)106)135-143(115,116)126-15-26-46(40(101)59(133-26)90-18-75-32-50(90)81-61(70)83-52(32)103)137-140(109,110)121-10-21-34(95)35(96)54(128-21)87-7-3-29(93)79-65(87)107/h1-8,16-26,34-47,54-60,92,95-102H,9-15H2,(H,109,110)(H,111,112)(H,113,114)(H,115,116)(H,117,118)(H,119,120)(H2,67,77,105)(H2,68,78,106)(H2,69,72,73)(H,79,93,107)(H,80,94,108)(H3,70,81,83,103)(H3,71,82,84,104)/t20-,21-,22-,23-,24-,25-,26-,34?,35+,36+,37+,38+,39+,40+,41+,42?,43?,44?,45?,46?,47?,54-,55-,56-,57-,58-,59-,60-/m1/s1. The maximum Gasteiger partial charge on any atom is 0.472 e. The molecule has 0 amide bonds. The van der Waals surface area contributed by atoms with Crippen molar-refractivity contribution in [3.63, 3.8) is 0 Å². The third-order valence-corrected chi connectivity index (χ3v) is 28.8. The lowest BCUT2D eigenvalue weighted by molar-refractivity contribution is -0.0662. The van der Waals surface area contributed by atoms with Crippen LogP contribution in [0.25, 0.3) is 33.5 Å². The molecule has 0 aliphatic carbocycles. The van der Waals surface area contributed by atoms with Crippen molar-refractivity contribution >= 4 is 110 Å². The van der Waals surface area contributed by atoms with Crippen molar-refractivity contribution in [3.05, 3.63) is 158 Å². The first kappa shape index (κ1) is 106. The van der Waals surface area contributed by atoms with Gasteiger partial charge in [0.1, 0.15) is 152 Å². The fraction of sp³-hybridized carbons (Fsp3) is 0.530. The average molecular weight is 2180 g/mol. The van der Waals surface area contributed by atoms with Crippen molar-refractivity contribution in [2.24, 2.45) is 0 Å². The zero-order valence-electron chi connectivity index (χ0n) is 72.4. The summed E-state index contributed by atoms with van der Waals surface area (Å²) in [7, 11) is -35.7. The summed E-state index contributed by atoms with van der Waals surface area (Å²) in [6.07, 6.45) is -53.4. The number of imidazole rings is 3. The summed E-state index contributed by atoms with van der Waals surface area (Å²) in [6, 6.07) is 3.68. The second-order valence-corrected chi connectivity index (χ2v) is 40.8. The first-order valence-electron chi connectivity index (χ1n) is 41.6. The Morgan fingerprint density at radius 1 is 0.317 bits per heavy atom. The molecule has 0 aromatic carbocycles. The van der Waals surface area contributed by atoms with E-state index in [4.69, 9.17) is 116 Å². The number of phosphoric ester groups is 6. The number of hydrogen-bond donors (Lipinski definition) is 24. The van der Waals surface area contributed by atoms with Crippen LogP contribution in [0.2, 0.25) is 0 Å². The quantitative estimate of drug-likeness (QED) is 0.0160. The molecule has 0 spiro atoms. The molecule has 7 aliphatic heterocycles. The molecule has 790 valence electrons. The average Bonchev–Trinajstić information content (AvgIpc) is 1.61. The van der Waals surface area contributed by atoms with Gasteiger partial charge in [-0.3, -0.25) is 125 Å². The number of fused-ring (bicyclic) bond motifs is 3. The molecule has 10 aromatic rings. The van der Waals surface area contributed by atoms with Crippen molar-refractivity contribution in [1.29, 1.82) is 0 Å². The molecule has 17 rings (SSSR count). The number of aliphatic hydroxyl groups excluding tert-OH is 9. The zero-order valence-corrected chi connectivity index (χ0v) is 77.8. The predicted molar refractivity (Wildman–Crippen MR) is 460 cm³/mol. The molecule has 10 aromatic heterocycles. The summed E-state index contributed by atoms with van der Waals surface area (Å²) in [4.78, 5) is 214. The number of nitrogen functional groups attached to an aromatic ring is 5. The Balaban J connectivity index is 0.599. The minimum atomic E-state index is -6.11. The van der Waals surface area contributed by atoms with Crippen molar-refractivity contribution in [2.45, 2.75) is 172 Å². The van der Waals surface area contributed by atoms with E-state index in [-0.39, 0.29) is 22.8 Å². The van der Waals surface area contributed by atoms with Crippen molar-refractivity contribution in [2.75, 3.05) is 74.9 Å². The number of anilines is 5. The molecule has 0 bridgehead atoms. The van der Waals surface area contributed by atoms with Gasteiger partial charge in [0.2, 0.25) is 11.9 Å². The van der Waals surface area contributed by atoms with Crippen LogP contribution in [0.1, 0.15) is 43.6 Å². The summed E-state index contributed by atoms with van der Waals surface area (Å²) in [6.45, 7) is -9.57. The summed E-state index contributed by atoms with van der Waals surface area (Å²) in [5.74, 6) is -2.01. The summed E-state index contributed by atoms with van der Waals surface area (Å²) < 4.78 is 195. The van der Waals surface area contributed by atoms with Crippen LogP contribution in [-0.4, -0.2) is 347 Å². The number of phosphoric acid groups is 6. The molecule has 34 atom stereocenters. The lowest BCUT2D eigenvalue weighted by Crippen LogP contribution is -2.39. The van der Waals surface area contributed by atoms with Gasteiger partial charge in [0.25, 0.3) is 22.2 Å². The maximum atomic E-state index is 14.7. The van der Waals surface area contributed by atoms with Crippen molar-refractivity contribution in [3.8, 4) is 0 Å². The van der Waals surface area contributed by atoms with Gasteiger partial charge in [-0.1, -0.05) is 0 Å². The molecule has 7 fully saturated rings. The van der Waals surface area contributed by atoms with E-state index in [0.717, 1.165) is 82.0 Å². The number of aromatic nitrogens is 20. The van der Waals surface area contributed by atoms with Gasteiger partial charge in [-0.25, -0.2) is 71.5 Å². The summed E-state index contributed by atoms with van der Waals surface area (Å²) in [5.41, 5.74) is 18.1. The van der Waals surface area contributed by atoms with Gasteiger partial charge in [0, 0.05) is 36.9 Å². The molecule has 17 heterocycles. The van der Waals surface area contributed by atoms with Gasteiger partial charge in [0.15, 0.2) is 77.4 Å². The highest BCUT2D eigenvalue weighted by molar-refractivity contribution is 7.48. The van der Waals surface area contributed by atoms with Gasteiger partial charge in [-0.15, -0.1) is 0 Å². The largest absolute Gasteiger partial charge is 0.472 e. The topological polar surface area (TPSA) is 1060 Å². The molecular weight excluding hydrogens is 2100 g/mol. The number of aliphatic hydroxyl groups is 9. The molecule has 13 unspecified atom stereocenters. The Labute approximate surface area is 798 Å². The van der Waals surface area contributed by atoms with Gasteiger partial charge in [0.05, 0.1) is 65.2 Å². The minimum Gasteiger partial charge on any atom is -0.394 e. The third-order valence-electron chi connectivity index (χ3n) is 22.9. The molecular formula is C66H83N25O48P6. The van der Waals surface area contributed by atoms with Crippen LogP contribution in [0.3, 0.4) is 0 Å². The number of ether oxygens (including phenoxy) is 7. The van der Waals surface area contributed by atoms with Gasteiger partial charge in [-0.05, 0) is 12.1 Å². The van der Waals surface area contributed by atoms with E-state index in [9.17, 15) is 141 Å². The Kier molecular flexibility index (Phi) is 30.0. The molecule has 7 aliphatic rings. The lowest BCUT2D eigenvalue weighted by Gasteiger charge is -2.27. The highest BCUT2D eigenvalue weighted by atomic mass is 31.2. The molecule has 79 heteroatoms. The molecule has 0 saturated carbocycles. The second-order valence-electron chi connectivity index (χ2n) is 32.3. The molecule has 7 saturated heterocycles. The first-order chi connectivity index (χ1) is 68.3. The fourth-order valence-corrected chi connectivity index (χ4v) is 22.1. The van der Waals surface area contributed by atoms with Crippen molar-refractivity contribution in [1.82, 2.24) is 96.8 Å². The Morgan fingerprint density at radius 2 is 0.593 bits per heavy atom. The molecule has 0 radical (unpaired) electrons. The third kappa shape index (κ3) is 22.2. The van der Waals surface area contributed by atoms with Crippen molar-refractivity contribution < 1.29 is 190 Å². The number of nitrogens with zero attached hydrogens (tertiary/aromatic N) is 16. The van der Waals surface area contributed by atoms with E-state index in [0.29, 0.717) is 24.3 Å². The minimum absolute atomic E-state index is 0.173. The number of nitrogens with one attached hydrogen (secondary N) is 4. The highest BCUT2D eigenvalue weighted by Gasteiger charge is 2.59. The molecule has 73 nitrogen and oxygen atoms in total. The van der Waals surface area contributed by atoms with E-state index in [1.165, 1.54) is 0 Å². The SMILES string of the molecule is Nc1ccn([C@@H]2O[C@H](CO)C(OP(=O)(O)OC[C@H]3O[C@@H](n4cnc5c(=O)[nH]c(N)nc54)[C@@H](O)C3OP(=O)(O)OC[C@H]3O[C@@H](n4ccc(=O)[nH]c4=O)[C@@H](O)C3OP(=O)(O)OC[C@H]3O[C@@H](n4cnc5c(N)ncnc54)[C@@H](O)C3OP(=O)(O)OC[C@H]3O[C@@H](n4ccc(N)nc4=O)[C@@H](O)C3OP(=O)(O)OC[C@H]3O[C@@H](n4cnc5c(=O)[nH]c(N)nc54)[C@@H](O)C3OP(=O)(O)OC[C@H]3O[C@@H](n4ccc(=O)[nH]c4=O)[C@@H](O)C3O)[C@@H]2O)c(=O)n1. The van der Waals surface area contributed by atoms with E-state index in [1.54, 1.807) is 0 Å². The zero-order chi connectivity index (χ0) is 104. The fourth-order valence-electron chi connectivity index (χ4n) is 16.3. The Morgan fingerprint density at radius 3 is 0.917 bits per heavy atom. The van der Waals surface area contributed by atoms with E-state index < -0.39 is 350 Å². The lowest BCUT2D eigenvalue weighted by atomic mass is 10.1. The summed E-state index contributed by atoms with van der Waals surface area (Å²) >= 11 is 0. The first-order valence-corrected chi connectivity index (χ1v) is 50.6. The number of nitrogens with two attached hydrogens (primary N) is 5. The highest BCUT2D eigenvalue weighted by Crippen LogP contribution is 2.58. The smallest absolute Gasteiger partial charge is 0.394 e. The number of H-pyrrole nitrogens is 4. The number of hydrogen-bond acceptors (Lipinski definition) is 56. The Bertz CT molecular complexity index is 7370. The van der Waals surface area contributed by atoms with Crippen LogP contribution in [0.5, 0.6) is 0 Å². The van der Waals surface area contributed by atoms with Crippen LogP contribution >= 0.6 is 46.9 Å². The molecule has 145 heavy (non-hydrogen) atoms. The predicted octanol–water partition coefficient (Wildman–Crippen LogP) is -11.2. The van der Waals surface area contributed by atoms with Gasteiger partial charge < -0.3 is 137 Å². The van der Waals surface area contributed by atoms with Crippen LogP contribution < -0.4 is 73.7 Å². The van der Waals surface area contributed by atoms with Gasteiger partial charge >= 0.3 is 69.7 Å². The van der Waals surface area contributed by atoms with Gasteiger partial charge in [-0.2, -0.15) is 19.9 Å². The maximum absolute atomic E-state index is 14.7. The van der Waals surface area contributed by atoms with Crippen LogP contribution in [-0.2, 0) is 115 Å². The van der Waals surface area contributed by atoms with Crippen LogP contribution in [0.15, 0.2) is 113 Å². The van der Waals surface area contributed by atoms with E-state index in [2.05, 4.69) is 54.8 Å². The molecule has 29 N–H and O–H groups in total. The van der Waals surface area contributed by atoms with E-state index >= 15 is 0 Å². The Hall–Kier alpha value is -10.6. The monoisotopic (exact) mass is 2180 g/mol.